The SMILES string of the molecule is Cc1[nH]cc(NC(=O)CCNC(=O)C(C)(C)C)c1C(=O)O. The summed E-state index contributed by atoms with van der Waals surface area (Å²) >= 11 is 0. The predicted octanol–water partition coefficient (Wildman–Crippen LogP) is 1.51. The number of anilines is 1. The van der Waals surface area contributed by atoms with Crippen molar-refractivity contribution in [3.05, 3.63) is 17.5 Å². The molecule has 0 unspecified atom stereocenters. The first-order chi connectivity index (χ1) is 9.62. The van der Waals surface area contributed by atoms with Gasteiger partial charge in [-0.1, -0.05) is 20.8 Å². The van der Waals surface area contributed by atoms with Gasteiger partial charge < -0.3 is 20.7 Å². The molecule has 21 heavy (non-hydrogen) atoms. The minimum absolute atomic E-state index is 0.0436. The highest BCUT2D eigenvalue weighted by Gasteiger charge is 2.21. The molecule has 0 aliphatic rings. The van der Waals surface area contributed by atoms with Crippen LogP contribution in [0.2, 0.25) is 0 Å². The molecule has 4 N–H and O–H groups in total. The predicted molar refractivity (Wildman–Crippen MR) is 78.2 cm³/mol. The fourth-order valence-corrected chi connectivity index (χ4v) is 1.67. The van der Waals surface area contributed by atoms with Gasteiger partial charge in [0.05, 0.1) is 5.69 Å². The molecular weight excluding hydrogens is 274 g/mol. The van der Waals surface area contributed by atoms with Crippen molar-refractivity contribution in [3.63, 3.8) is 0 Å². The van der Waals surface area contributed by atoms with E-state index in [1.165, 1.54) is 6.20 Å². The Morgan fingerprint density at radius 3 is 2.43 bits per heavy atom. The first-order valence-electron chi connectivity index (χ1n) is 6.62. The van der Waals surface area contributed by atoms with Gasteiger partial charge >= 0.3 is 5.97 Å². The minimum Gasteiger partial charge on any atom is -0.478 e. The van der Waals surface area contributed by atoms with Crippen LogP contribution in [0.15, 0.2) is 6.20 Å². The number of aryl methyl sites for hydroxylation is 1. The molecule has 1 aromatic rings. The van der Waals surface area contributed by atoms with Crippen LogP contribution in [0.4, 0.5) is 5.69 Å². The largest absolute Gasteiger partial charge is 0.478 e. The van der Waals surface area contributed by atoms with E-state index >= 15 is 0 Å². The highest BCUT2D eigenvalue weighted by Crippen LogP contribution is 2.19. The van der Waals surface area contributed by atoms with Crippen molar-refractivity contribution in [2.75, 3.05) is 11.9 Å². The van der Waals surface area contributed by atoms with Crippen molar-refractivity contribution >= 4 is 23.5 Å². The molecule has 0 aliphatic carbocycles. The van der Waals surface area contributed by atoms with Gasteiger partial charge in [0.25, 0.3) is 0 Å². The van der Waals surface area contributed by atoms with Crippen LogP contribution >= 0.6 is 0 Å². The minimum atomic E-state index is -1.11. The zero-order chi connectivity index (χ0) is 16.2. The second-order valence-corrected chi connectivity index (χ2v) is 5.81. The average molecular weight is 295 g/mol. The van der Waals surface area contributed by atoms with Crippen LogP contribution in [0, 0.1) is 12.3 Å². The molecule has 0 saturated heterocycles. The summed E-state index contributed by atoms with van der Waals surface area (Å²) in [5, 5.41) is 14.2. The summed E-state index contributed by atoms with van der Waals surface area (Å²) in [6.07, 6.45) is 1.51. The third kappa shape index (κ3) is 4.62. The molecule has 1 aromatic heterocycles. The van der Waals surface area contributed by atoms with E-state index in [1.807, 2.05) is 0 Å². The number of aromatic nitrogens is 1. The molecule has 7 heteroatoms. The van der Waals surface area contributed by atoms with Gasteiger partial charge in [-0.05, 0) is 6.92 Å². The smallest absolute Gasteiger partial charge is 0.339 e. The van der Waals surface area contributed by atoms with Gasteiger partial charge in [0, 0.05) is 30.3 Å². The van der Waals surface area contributed by atoms with Gasteiger partial charge in [-0.15, -0.1) is 0 Å². The summed E-state index contributed by atoms with van der Waals surface area (Å²) < 4.78 is 0. The van der Waals surface area contributed by atoms with Crippen LogP contribution in [0.5, 0.6) is 0 Å². The third-order valence-corrected chi connectivity index (χ3v) is 2.88. The van der Waals surface area contributed by atoms with Crippen LogP contribution in [-0.2, 0) is 9.59 Å². The lowest BCUT2D eigenvalue weighted by atomic mass is 9.96. The number of hydrogen-bond donors (Lipinski definition) is 4. The first kappa shape index (κ1) is 16.7. The van der Waals surface area contributed by atoms with Crippen LogP contribution < -0.4 is 10.6 Å². The molecule has 7 nitrogen and oxygen atoms in total. The van der Waals surface area contributed by atoms with E-state index in [0.29, 0.717) is 5.69 Å². The maximum absolute atomic E-state index is 11.8. The van der Waals surface area contributed by atoms with Crippen molar-refractivity contribution in [1.29, 1.82) is 0 Å². The molecule has 116 valence electrons. The molecule has 1 rings (SSSR count). The summed E-state index contributed by atoms with van der Waals surface area (Å²) in [6.45, 7) is 7.16. The fourth-order valence-electron chi connectivity index (χ4n) is 1.67. The lowest BCUT2D eigenvalue weighted by Crippen LogP contribution is -2.36. The van der Waals surface area contributed by atoms with Gasteiger partial charge in [-0.2, -0.15) is 0 Å². The monoisotopic (exact) mass is 295 g/mol. The Bertz CT molecular complexity index is 555. The first-order valence-corrected chi connectivity index (χ1v) is 6.62. The fraction of sp³-hybridized carbons (Fsp3) is 0.500. The number of hydrogen-bond acceptors (Lipinski definition) is 3. The highest BCUT2D eigenvalue weighted by atomic mass is 16.4. The Balaban J connectivity index is 2.52. The van der Waals surface area contributed by atoms with E-state index in [9.17, 15) is 14.4 Å². The molecule has 0 radical (unpaired) electrons. The molecule has 0 saturated carbocycles. The van der Waals surface area contributed by atoms with Crippen LogP contribution in [0.1, 0.15) is 43.2 Å². The van der Waals surface area contributed by atoms with Gasteiger partial charge in [-0.3, -0.25) is 9.59 Å². The Hall–Kier alpha value is -2.31. The van der Waals surface area contributed by atoms with E-state index in [0.717, 1.165) is 0 Å². The second-order valence-electron chi connectivity index (χ2n) is 5.81. The molecule has 0 atom stereocenters. The number of carbonyl (C=O) groups is 3. The van der Waals surface area contributed by atoms with Gasteiger partial charge in [0.2, 0.25) is 11.8 Å². The van der Waals surface area contributed by atoms with Gasteiger partial charge in [0.15, 0.2) is 0 Å². The maximum atomic E-state index is 11.8. The Morgan fingerprint density at radius 2 is 1.90 bits per heavy atom. The molecular formula is C14H21N3O4. The summed E-state index contributed by atoms with van der Waals surface area (Å²) in [5.41, 5.74) is 0.234. The normalized spacial score (nSPS) is 11.0. The zero-order valence-electron chi connectivity index (χ0n) is 12.7. The molecule has 0 spiro atoms. The quantitative estimate of drug-likeness (QED) is 0.659. The van der Waals surface area contributed by atoms with E-state index in [-0.39, 0.29) is 36.0 Å². The highest BCUT2D eigenvalue weighted by molar-refractivity contribution is 6.01. The molecule has 0 bridgehead atoms. The Labute approximate surface area is 123 Å². The summed E-state index contributed by atoms with van der Waals surface area (Å²) in [7, 11) is 0. The number of aromatic amines is 1. The number of amides is 2. The van der Waals surface area contributed by atoms with Crippen molar-refractivity contribution in [3.8, 4) is 0 Å². The van der Waals surface area contributed by atoms with Crippen molar-refractivity contribution in [2.24, 2.45) is 5.41 Å². The standard InChI is InChI=1S/C14H21N3O4/c1-8-11(12(19)20)9(7-16-8)17-10(18)5-6-15-13(21)14(2,3)4/h7,16H,5-6H2,1-4H3,(H,15,21)(H,17,18)(H,19,20). The van der Waals surface area contributed by atoms with E-state index < -0.39 is 11.4 Å². The summed E-state index contributed by atoms with van der Waals surface area (Å²) in [4.78, 5) is 37.2. The summed E-state index contributed by atoms with van der Waals surface area (Å²) in [5.74, 6) is -1.60. The second kappa shape index (κ2) is 6.43. The number of carboxylic acid groups (broad SMARTS) is 1. The van der Waals surface area contributed by atoms with Crippen LogP contribution in [0.25, 0.3) is 0 Å². The number of rotatable bonds is 5. The number of nitrogens with one attached hydrogen (secondary N) is 3. The van der Waals surface area contributed by atoms with Crippen molar-refractivity contribution in [2.45, 2.75) is 34.1 Å². The summed E-state index contributed by atoms with van der Waals surface area (Å²) in [6, 6.07) is 0. The van der Waals surface area contributed by atoms with E-state index in [2.05, 4.69) is 15.6 Å². The molecule has 0 aliphatic heterocycles. The number of carboxylic acids is 1. The third-order valence-electron chi connectivity index (χ3n) is 2.88. The molecule has 2 amide bonds. The Morgan fingerprint density at radius 1 is 1.29 bits per heavy atom. The maximum Gasteiger partial charge on any atom is 0.339 e. The van der Waals surface area contributed by atoms with Gasteiger partial charge in [0.1, 0.15) is 5.56 Å². The number of aromatic carboxylic acids is 1. The molecule has 0 aromatic carbocycles. The van der Waals surface area contributed by atoms with E-state index in [1.54, 1.807) is 27.7 Å². The lowest BCUT2D eigenvalue weighted by molar-refractivity contribution is -0.128. The number of H-pyrrole nitrogens is 1. The van der Waals surface area contributed by atoms with Crippen LogP contribution in [-0.4, -0.2) is 34.4 Å². The average Bonchev–Trinajstić information content (AvgIpc) is 2.68. The number of carbonyl (C=O) groups excluding carboxylic acids is 2. The molecule has 0 fully saturated rings. The van der Waals surface area contributed by atoms with E-state index in [4.69, 9.17) is 5.11 Å². The lowest BCUT2D eigenvalue weighted by Gasteiger charge is -2.17. The Kier molecular flexibility index (Phi) is 5.12. The topological polar surface area (TPSA) is 111 Å². The van der Waals surface area contributed by atoms with Crippen molar-refractivity contribution in [1.82, 2.24) is 10.3 Å². The van der Waals surface area contributed by atoms with Crippen LogP contribution in [0.3, 0.4) is 0 Å². The zero-order valence-corrected chi connectivity index (χ0v) is 12.7. The van der Waals surface area contributed by atoms with Gasteiger partial charge in [-0.25, -0.2) is 4.79 Å². The van der Waals surface area contributed by atoms with Crippen molar-refractivity contribution < 1.29 is 19.5 Å². The molecule has 1 heterocycles.